The van der Waals surface area contributed by atoms with Gasteiger partial charge in [-0.05, 0) is 48.2 Å². The lowest BCUT2D eigenvalue weighted by Gasteiger charge is -2.10. The summed E-state index contributed by atoms with van der Waals surface area (Å²) < 4.78 is 0.788. The summed E-state index contributed by atoms with van der Waals surface area (Å²) in [4.78, 5) is 15.0. The Labute approximate surface area is 153 Å². The standard InChI is InChI=1S/C20H15BrN2O2/c21-15-8-9-19(24)16(11-15)18-10-14(17(12-22)20(25)23-18)7-6-13-4-2-1-3-5-13/h1-5,8-11,24H,6-7H2,(H,23,25). The maximum absolute atomic E-state index is 12.3. The minimum atomic E-state index is -0.442. The molecule has 0 spiro atoms. The molecule has 0 unspecified atom stereocenters. The highest BCUT2D eigenvalue weighted by Crippen LogP contribution is 2.31. The first kappa shape index (κ1) is 17.0. The summed E-state index contributed by atoms with van der Waals surface area (Å²) in [6.45, 7) is 0. The molecule has 124 valence electrons. The number of rotatable bonds is 4. The van der Waals surface area contributed by atoms with Crippen molar-refractivity contribution in [1.29, 1.82) is 5.26 Å². The van der Waals surface area contributed by atoms with E-state index in [0.29, 0.717) is 23.2 Å². The summed E-state index contributed by atoms with van der Waals surface area (Å²) in [5.74, 6) is 0.0672. The highest BCUT2D eigenvalue weighted by atomic mass is 79.9. The van der Waals surface area contributed by atoms with E-state index in [9.17, 15) is 15.2 Å². The van der Waals surface area contributed by atoms with Crippen molar-refractivity contribution in [2.75, 3.05) is 0 Å². The predicted molar refractivity (Wildman–Crippen MR) is 100 cm³/mol. The molecule has 0 aliphatic heterocycles. The number of aromatic amines is 1. The van der Waals surface area contributed by atoms with Crippen molar-refractivity contribution >= 4 is 15.9 Å². The second-order valence-electron chi connectivity index (χ2n) is 5.67. The van der Waals surface area contributed by atoms with E-state index >= 15 is 0 Å². The molecule has 4 nitrogen and oxygen atoms in total. The molecule has 0 radical (unpaired) electrons. The number of nitrogens with one attached hydrogen (secondary N) is 1. The molecule has 3 aromatic rings. The van der Waals surface area contributed by atoms with Gasteiger partial charge >= 0.3 is 0 Å². The summed E-state index contributed by atoms with van der Waals surface area (Å²) in [5.41, 5.74) is 2.49. The number of aromatic nitrogens is 1. The van der Waals surface area contributed by atoms with Gasteiger partial charge in [-0.3, -0.25) is 4.79 Å². The zero-order chi connectivity index (χ0) is 17.8. The minimum Gasteiger partial charge on any atom is -0.507 e. The highest BCUT2D eigenvalue weighted by Gasteiger charge is 2.13. The summed E-state index contributed by atoms with van der Waals surface area (Å²) in [7, 11) is 0. The van der Waals surface area contributed by atoms with Crippen LogP contribution in [-0.2, 0) is 12.8 Å². The van der Waals surface area contributed by atoms with Crippen LogP contribution in [0.2, 0.25) is 0 Å². The van der Waals surface area contributed by atoms with E-state index in [1.165, 1.54) is 0 Å². The van der Waals surface area contributed by atoms with Crippen LogP contribution >= 0.6 is 15.9 Å². The number of nitrogens with zero attached hydrogens (tertiary/aromatic N) is 1. The maximum atomic E-state index is 12.3. The zero-order valence-corrected chi connectivity index (χ0v) is 14.9. The summed E-state index contributed by atoms with van der Waals surface area (Å²) in [6.07, 6.45) is 1.29. The number of hydrogen-bond donors (Lipinski definition) is 2. The van der Waals surface area contributed by atoms with Crippen molar-refractivity contribution in [1.82, 2.24) is 4.98 Å². The van der Waals surface area contributed by atoms with Crippen LogP contribution < -0.4 is 5.56 Å². The van der Waals surface area contributed by atoms with Gasteiger partial charge in [-0.15, -0.1) is 0 Å². The van der Waals surface area contributed by atoms with Gasteiger partial charge in [0.2, 0.25) is 0 Å². The van der Waals surface area contributed by atoms with Gasteiger partial charge in [-0.25, -0.2) is 0 Å². The highest BCUT2D eigenvalue weighted by molar-refractivity contribution is 9.10. The van der Waals surface area contributed by atoms with Gasteiger partial charge in [-0.2, -0.15) is 5.26 Å². The number of aryl methyl sites for hydroxylation is 2. The first-order chi connectivity index (χ1) is 12.1. The molecule has 5 heteroatoms. The SMILES string of the molecule is N#Cc1c(CCc2ccccc2)cc(-c2cc(Br)ccc2O)[nH]c1=O. The van der Waals surface area contributed by atoms with Crippen LogP contribution in [-0.4, -0.2) is 10.1 Å². The van der Waals surface area contributed by atoms with Crippen LogP contribution in [0.5, 0.6) is 5.75 Å². The second kappa shape index (κ2) is 7.37. The van der Waals surface area contributed by atoms with E-state index in [1.54, 1.807) is 24.3 Å². The van der Waals surface area contributed by atoms with Gasteiger partial charge in [0.15, 0.2) is 0 Å². The average molecular weight is 395 g/mol. The third-order valence-corrected chi connectivity index (χ3v) is 4.49. The number of aromatic hydroxyl groups is 1. The van der Waals surface area contributed by atoms with Gasteiger partial charge in [-0.1, -0.05) is 46.3 Å². The van der Waals surface area contributed by atoms with Gasteiger partial charge in [0.05, 0.1) is 5.69 Å². The molecule has 2 N–H and O–H groups in total. The second-order valence-corrected chi connectivity index (χ2v) is 6.59. The van der Waals surface area contributed by atoms with Gasteiger partial charge in [0.1, 0.15) is 17.4 Å². The molecule has 2 aromatic carbocycles. The lowest BCUT2D eigenvalue weighted by atomic mass is 9.99. The summed E-state index contributed by atoms with van der Waals surface area (Å²) in [6, 6.07) is 18.7. The van der Waals surface area contributed by atoms with Crippen molar-refractivity contribution in [3.63, 3.8) is 0 Å². The minimum absolute atomic E-state index is 0.0672. The quantitative estimate of drug-likeness (QED) is 0.696. The molecule has 0 saturated heterocycles. The molecular formula is C20H15BrN2O2. The Kier molecular flexibility index (Phi) is 5.01. The molecule has 1 heterocycles. The number of H-pyrrole nitrogens is 1. The fraction of sp³-hybridized carbons (Fsp3) is 0.100. The third-order valence-electron chi connectivity index (χ3n) is 4.00. The van der Waals surface area contributed by atoms with E-state index in [1.807, 2.05) is 36.4 Å². The van der Waals surface area contributed by atoms with Gasteiger partial charge in [0.25, 0.3) is 5.56 Å². The molecule has 0 aliphatic carbocycles. The summed E-state index contributed by atoms with van der Waals surface area (Å²) >= 11 is 3.36. The number of phenols is 1. The van der Waals surface area contributed by atoms with Crippen LogP contribution in [0, 0.1) is 11.3 Å². The smallest absolute Gasteiger partial charge is 0.266 e. The predicted octanol–water partition coefficient (Wildman–Crippen LogP) is 4.17. The van der Waals surface area contributed by atoms with E-state index in [4.69, 9.17) is 0 Å². The lowest BCUT2D eigenvalue weighted by Crippen LogP contribution is -2.15. The van der Waals surface area contributed by atoms with Crippen molar-refractivity contribution < 1.29 is 5.11 Å². The largest absolute Gasteiger partial charge is 0.507 e. The summed E-state index contributed by atoms with van der Waals surface area (Å²) in [5, 5.41) is 19.4. The molecular weight excluding hydrogens is 380 g/mol. The van der Waals surface area contributed by atoms with Crippen LogP contribution in [0.4, 0.5) is 0 Å². The zero-order valence-electron chi connectivity index (χ0n) is 13.3. The molecule has 25 heavy (non-hydrogen) atoms. The number of halogens is 1. The van der Waals surface area contributed by atoms with Gasteiger partial charge in [0, 0.05) is 10.0 Å². The average Bonchev–Trinajstić information content (AvgIpc) is 2.62. The maximum Gasteiger partial charge on any atom is 0.266 e. The van der Waals surface area contributed by atoms with Crippen LogP contribution in [0.3, 0.4) is 0 Å². The van der Waals surface area contributed by atoms with E-state index in [-0.39, 0.29) is 11.3 Å². The van der Waals surface area contributed by atoms with Crippen LogP contribution in [0.1, 0.15) is 16.7 Å². The third kappa shape index (κ3) is 3.81. The Hall–Kier alpha value is -2.84. The monoisotopic (exact) mass is 394 g/mol. The molecule has 0 amide bonds. The number of benzene rings is 2. The molecule has 0 aliphatic rings. The number of nitriles is 1. The Morgan fingerprint density at radius 3 is 2.56 bits per heavy atom. The van der Waals surface area contributed by atoms with Crippen LogP contribution in [0.25, 0.3) is 11.3 Å². The Bertz CT molecular complexity index is 1000. The Morgan fingerprint density at radius 1 is 1.08 bits per heavy atom. The lowest BCUT2D eigenvalue weighted by molar-refractivity contribution is 0.477. The van der Waals surface area contributed by atoms with Crippen LogP contribution in [0.15, 0.2) is 63.9 Å². The number of pyridine rings is 1. The molecule has 0 atom stereocenters. The van der Waals surface area contributed by atoms with Crippen molar-refractivity contribution in [3.8, 4) is 23.1 Å². The topological polar surface area (TPSA) is 76.9 Å². The fourth-order valence-electron chi connectivity index (χ4n) is 2.73. The molecule has 1 aromatic heterocycles. The molecule has 0 saturated carbocycles. The molecule has 0 fully saturated rings. The first-order valence-corrected chi connectivity index (χ1v) is 8.57. The Balaban J connectivity index is 2.02. The van der Waals surface area contributed by atoms with E-state index in [0.717, 1.165) is 16.5 Å². The Morgan fingerprint density at radius 2 is 1.84 bits per heavy atom. The first-order valence-electron chi connectivity index (χ1n) is 7.77. The normalized spacial score (nSPS) is 10.4. The fourth-order valence-corrected chi connectivity index (χ4v) is 3.09. The van der Waals surface area contributed by atoms with Gasteiger partial charge < -0.3 is 10.1 Å². The van der Waals surface area contributed by atoms with E-state index < -0.39 is 5.56 Å². The number of hydrogen-bond acceptors (Lipinski definition) is 3. The molecule has 0 bridgehead atoms. The molecule has 3 rings (SSSR count). The van der Waals surface area contributed by atoms with Crippen molar-refractivity contribution in [2.24, 2.45) is 0 Å². The number of phenolic OH excluding ortho intramolecular Hbond substituents is 1. The van der Waals surface area contributed by atoms with Crippen molar-refractivity contribution in [3.05, 3.63) is 86.1 Å². The van der Waals surface area contributed by atoms with Crippen molar-refractivity contribution in [2.45, 2.75) is 12.8 Å². The van der Waals surface area contributed by atoms with E-state index in [2.05, 4.69) is 20.9 Å².